The third kappa shape index (κ3) is 2.71. The molecule has 1 amide bonds. The first-order valence-electron chi connectivity index (χ1n) is 5.29. The van der Waals surface area contributed by atoms with E-state index >= 15 is 0 Å². The molecule has 5 nitrogen and oxygen atoms in total. The Morgan fingerprint density at radius 2 is 2.47 bits per heavy atom. The second-order valence-electron chi connectivity index (χ2n) is 4.04. The van der Waals surface area contributed by atoms with Crippen molar-refractivity contribution in [2.75, 3.05) is 12.3 Å². The van der Waals surface area contributed by atoms with Gasteiger partial charge < -0.3 is 11.1 Å². The van der Waals surface area contributed by atoms with Crippen molar-refractivity contribution in [2.24, 2.45) is 5.92 Å². The van der Waals surface area contributed by atoms with Crippen molar-refractivity contribution in [1.29, 1.82) is 0 Å². The van der Waals surface area contributed by atoms with Crippen LogP contribution in [0.1, 0.15) is 19.3 Å². The highest BCUT2D eigenvalue weighted by Crippen LogP contribution is 2.24. The molecule has 2 rings (SSSR count). The smallest absolute Gasteiger partial charge is 0.241 e. The molecule has 0 bridgehead atoms. The summed E-state index contributed by atoms with van der Waals surface area (Å²) in [7, 11) is 0. The summed E-state index contributed by atoms with van der Waals surface area (Å²) in [5.74, 6) is 1.14. The Balaban J connectivity index is 1.71. The maximum absolute atomic E-state index is 11.5. The molecule has 1 aromatic rings. The van der Waals surface area contributed by atoms with Gasteiger partial charge in [0.25, 0.3) is 0 Å². The van der Waals surface area contributed by atoms with Crippen LogP contribution in [0.25, 0.3) is 0 Å². The number of rotatable bonds is 4. The first-order valence-corrected chi connectivity index (χ1v) is 5.29. The highest BCUT2D eigenvalue weighted by atomic mass is 16.2. The van der Waals surface area contributed by atoms with Crippen LogP contribution in [0.2, 0.25) is 0 Å². The average molecular weight is 208 g/mol. The number of amides is 1. The standard InChI is InChI=1S/C10H16N4O/c11-9-4-5-14(13-9)7-10(15)12-6-8-2-1-3-8/h4-5,8H,1-3,6-7H2,(H2,11,13)(H,12,15). The number of anilines is 1. The number of hydrogen-bond acceptors (Lipinski definition) is 3. The second-order valence-corrected chi connectivity index (χ2v) is 4.04. The number of aromatic nitrogens is 2. The lowest BCUT2D eigenvalue weighted by Gasteiger charge is -2.25. The fraction of sp³-hybridized carbons (Fsp3) is 0.600. The highest BCUT2D eigenvalue weighted by molar-refractivity contribution is 5.75. The van der Waals surface area contributed by atoms with E-state index in [1.807, 2.05) is 0 Å². The lowest BCUT2D eigenvalue weighted by molar-refractivity contribution is -0.122. The van der Waals surface area contributed by atoms with E-state index in [1.54, 1.807) is 16.9 Å². The van der Waals surface area contributed by atoms with Gasteiger partial charge in [-0.2, -0.15) is 5.10 Å². The maximum atomic E-state index is 11.5. The van der Waals surface area contributed by atoms with Gasteiger partial charge in [-0.3, -0.25) is 9.48 Å². The van der Waals surface area contributed by atoms with E-state index in [2.05, 4.69) is 10.4 Å². The Morgan fingerprint density at radius 1 is 1.67 bits per heavy atom. The van der Waals surface area contributed by atoms with Crippen LogP contribution in [0.5, 0.6) is 0 Å². The zero-order chi connectivity index (χ0) is 10.7. The molecule has 15 heavy (non-hydrogen) atoms. The summed E-state index contributed by atoms with van der Waals surface area (Å²) in [5.41, 5.74) is 5.44. The molecule has 5 heteroatoms. The number of nitrogens with two attached hydrogens (primary N) is 1. The van der Waals surface area contributed by atoms with Crippen molar-refractivity contribution < 1.29 is 4.79 Å². The quantitative estimate of drug-likeness (QED) is 0.751. The molecule has 3 N–H and O–H groups in total. The van der Waals surface area contributed by atoms with Crippen molar-refractivity contribution in [1.82, 2.24) is 15.1 Å². The third-order valence-corrected chi connectivity index (χ3v) is 2.78. The maximum Gasteiger partial charge on any atom is 0.241 e. The second kappa shape index (κ2) is 4.33. The predicted molar refractivity (Wildman–Crippen MR) is 57.0 cm³/mol. The van der Waals surface area contributed by atoms with Crippen molar-refractivity contribution in [3.8, 4) is 0 Å². The largest absolute Gasteiger partial charge is 0.382 e. The van der Waals surface area contributed by atoms with Crippen LogP contribution in [0.15, 0.2) is 12.3 Å². The van der Waals surface area contributed by atoms with E-state index in [0.29, 0.717) is 11.7 Å². The molecule has 0 saturated heterocycles. The normalized spacial score (nSPS) is 16.0. The van der Waals surface area contributed by atoms with Gasteiger partial charge in [0.2, 0.25) is 5.91 Å². The molecule has 1 aliphatic rings. The lowest BCUT2D eigenvalue weighted by atomic mass is 9.85. The fourth-order valence-corrected chi connectivity index (χ4v) is 1.62. The monoisotopic (exact) mass is 208 g/mol. The molecule has 0 atom stereocenters. The van der Waals surface area contributed by atoms with Gasteiger partial charge in [0.15, 0.2) is 0 Å². The molecular weight excluding hydrogens is 192 g/mol. The van der Waals surface area contributed by atoms with E-state index in [4.69, 9.17) is 5.73 Å². The van der Waals surface area contributed by atoms with Crippen LogP contribution in [0.4, 0.5) is 5.82 Å². The van der Waals surface area contributed by atoms with E-state index in [-0.39, 0.29) is 12.5 Å². The fourth-order valence-electron chi connectivity index (χ4n) is 1.62. The molecule has 0 unspecified atom stereocenters. The summed E-state index contributed by atoms with van der Waals surface area (Å²) in [5, 5.41) is 6.85. The lowest BCUT2D eigenvalue weighted by Crippen LogP contribution is -2.34. The molecule has 1 aliphatic carbocycles. The summed E-state index contributed by atoms with van der Waals surface area (Å²) in [4.78, 5) is 11.5. The predicted octanol–water partition coefficient (Wildman–Crippen LogP) is 0.382. The number of carbonyl (C=O) groups excluding carboxylic acids is 1. The van der Waals surface area contributed by atoms with Crippen molar-refractivity contribution in [3.63, 3.8) is 0 Å². The van der Waals surface area contributed by atoms with Crippen LogP contribution < -0.4 is 11.1 Å². The summed E-state index contributed by atoms with van der Waals surface area (Å²) >= 11 is 0. The topological polar surface area (TPSA) is 72.9 Å². The third-order valence-electron chi connectivity index (χ3n) is 2.78. The van der Waals surface area contributed by atoms with E-state index in [9.17, 15) is 4.79 Å². The number of nitrogen functional groups attached to an aromatic ring is 1. The van der Waals surface area contributed by atoms with Crippen molar-refractivity contribution in [2.45, 2.75) is 25.8 Å². The molecule has 82 valence electrons. The Kier molecular flexibility index (Phi) is 2.89. The van der Waals surface area contributed by atoms with Crippen LogP contribution in [0, 0.1) is 5.92 Å². The molecule has 0 radical (unpaired) electrons. The molecule has 1 fully saturated rings. The van der Waals surface area contributed by atoms with Gasteiger partial charge in [-0.25, -0.2) is 0 Å². The van der Waals surface area contributed by atoms with Crippen molar-refractivity contribution >= 4 is 11.7 Å². The molecule has 1 heterocycles. The first-order chi connectivity index (χ1) is 7.24. The average Bonchev–Trinajstić information content (AvgIpc) is 2.48. The molecular formula is C10H16N4O. The summed E-state index contributed by atoms with van der Waals surface area (Å²) in [6.07, 6.45) is 5.50. The van der Waals surface area contributed by atoms with Crippen LogP contribution >= 0.6 is 0 Å². The zero-order valence-corrected chi connectivity index (χ0v) is 8.65. The van der Waals surface area contributed by atoms with Crippen LogP contribution in [-0.4, -0.2) is 22.2 Å². The minimum atomic E-state index is 0.00463. The first kappa shape index (κ1) is 10.0. The summed E-state index contributed by atoms with van der Waals surface area (Å²) < 4.78 is 1.55. The number of carbonyl (C=O) groups is 1. The summed E-state index contributed by atoms with van der Waals surface area (Å²) in [6.45, 7) is 1.06. The molecule has 0 aromatic carbocycles. The molecule has 0 aliphatic heterocycles. The minimum absolute atomic E-state index is 0.00463. The molecule has 1 aromatic heterocycles. The van der Waals surface area contributed by atoms with Gasteiger partial charge >= 0.3 is 0 Å². The van der Waals surface area contributed by atoms with Crippen LogP contribution in [-0.2, 0) is 11.3 Å². The Hall–Kier alpha value is -1.52. The summed E-state index contributed by atoms with van der Waals surface area (Å²) in [6, 6.07) is 1.68. The molecule has 0 spiro atoms. The van der Waals surface area contributed by atoms with Gasteiger partial charge in [0, 0.05) is 12.7 Å². The zero-order valence-electron chi connectivity index (χ0n) is 8.65. The van der Waals surface area contributed by atoms with E-state index < -0.39 is 0 Å². The van der Waals surface area contributed by atoms with Gasteiger partial charge in [0.1, 0.15) is 12.4 Å². The van der Waals surface area contributed by atoms with Gasteiger partial charge in [-0.05, 0) is 24.8 Å². The number of nitrogens with zero attached hydrogens (tertiary/aromatic N) is 2. The Labute approximate surface area is 88.6 Å². The Bertz CT molecular complexity index is 343. The number of hydrogen-bond donors (Lipinski definition) is 2. The van der Waals surface area contributed by atoms with Crippen LogP contribution in [0.3, 0.4) is 0 Å². The Morgan fingerprint density at radius 3 is 3.00 bits per heavy atom. The highest BCUT2D eigenvalue weighted by Gasteiger charge is 2.17. The van der Waals surface area contributed by atoms with Gasteiger partial charge in [-0.1, -0.05) is 6.42 Å². The van der Waals surface area contributed by atoms with E-state index in [0.717, 1.165) is 6.54 Å². The minimum Gasteiger partial charge on any atom is -0.382 e. The number of nitrogens with one attached hydrogen (secondary N) is 1. The van der Waals surface area contributed by atoms with Gasteiger partial charge in [-0.15, -0.1) is 0 Å². The SMILES string of the molecule is Nc1ccn(CC(=O)NCC2CCC2)n1. The van der Waals surface area contributed by atoms with E-state index in [1.165, 1.54) is 19.3 Å². The van der Waals surface area contributed by atoms with Crippen molar-refractivity contribution in [3.05, 3.63) is 12.3 Å². The van der Waals surface area contributed by atoms with Gasteiger partial charge in [0.05, 0.1) is 0 Å². The molecule has 1 saturated carbocycles.